The molecule has 0 spiro atoms. The molecule has 1 saturated heterocycles. The molecule has 0 unspecified atom stereocenters. The van der Waals surface area contributed by atoms with E-state index in [4.69, 9.17) is 32.7 Å². The lowest BCUT2D eigenvalue weighted by Gasteiger charge is -2.23. The minimum atomic E-state index is -0.266. The molecule has 0 aromatic heterocycles. The van der Waals surface area contributed by atoms with E-state index in [1.54, 1.807) is 0 Å². The molecule has 0 bridgehead atoms. The predicted molar refractivity (Wildman–Crippen MR) is 80.4 cm³/mol. The second kappa shape index (κ2) is 6.15. The van der Waals surface area contributed by atoms with E-state index in [1.807, 2.05) is 48.5 Å². The molecule has 4 heteroatoms. The van der Waals surface area contributed by atoms with Gasteiger partial charge in [0.15, 0.2) is 6.29 Å². The van der Waals surface area contributed by atoms with E-state index in [0.29, 0.717) is 13.2 Å². The summed E-state index contributed by atoms with van der Waals surface area (Å²) < 4.78 is 11.4. The maximum Gasteiger partial charge on any atom is 0.168 e. The molecule has 0 amide bonds. The Labute approximate surface area is 128 Å². The molecular formula is C16H14Cl2O2. The molecular weight excluding hydrogens is 295 g/mol. The van der Waals surface area contributed by atoms with Crippen molar-refractivity contribution in [1.82, 2.24) is 0 Å². The Balaban J connectivity index is 1.98. The van der Waals surface area contributed by atoms with Crippen LogP contribution in [0.4, 0.5) is 0 Å². The predicted octanol–water partition coefficient (Wildman–Crippen LogP) is 4.50. The highest BCUT2D eigenvalue weighted by Gasteiger charge is 2.29. The summed E-state index contributed by atoms with van der Waals surface area (Å²) in [5.74, 6) is 0.0204. The summed E-state index contributed by atoms with van der Waals surface area (Å²) in [5.41, 5.74) is 2.23. The lowest BCUT2D eigenvalue weighted by Crippen LogP contribution is -2.20. The van der Waals surface area contributed by atoms with Crippen LogP contribution in [-0.4, -0.2) is 19.5 Å². The molecule has 0 aliphatic carbocycles. The molecule has 0 radical (unpaired) electrons. The molecule has 1 heterocycles. The van der Waals surface area contributed by atoms with Crippen molar-refractivity contribution in [2.24, 2.45) is 0 Å². The second-order valence-corrected chi connectivity index (χ2v) is 5.56. The number of benzene rings is 2. The van der Waals surface area contributed by atoms with Crippen LogP contribution in [0, 0.1) is 0 Å². The van der Waals surface area contributed by atoms with E-state index in [-0.39, 0.29) is 12.2 Å². The van der Waals surface area contributed by atoms with E-state index >= 15 is 0 Å². The van der Waals surface area contributed by atoms with Crippen LogP contribution in [0.5, 0.6) is 0 Å². The van der Waals surface area contributed by atoms with Crippen molar-refractivity contribution in [3.8, 4) is 0 Å². The van der Waals surface area contributed by atoms with E-state index < -0.39 is 0 Å². The van der Waals surface area contributed by atoms with Gasteiger partial charge in [0.1, 0.15) is 0 Å². The minimum Gasteiger partial charge on any atom is -0.349 e. The quantitative estimate of drug-likeness (QED) is 0.831. The van der Waals surface area contributed by atoms with Gasteiger partial charge in [-0.2, -0.15) is 0 Å². The van der Waals surface area contributed by atoms with Crippen molar-refractivity contribution < 1.29 is 9.47 Å². The van der Waals surface area contributed by atoms with Crippen LogP contribution in [-0.2, 0) is 9.47 Å². The molecule has 2 aromatic carbocycles. The van der Waals surface area contributed by atoms with Gasteiger partial charge in [-0.1, -0.05) is 47.5 Å². The molecule has 0 saturated carbocycles. The average molecular weight is 309 g/mol. The van der Waals surface area contributed by atoms with Crippen molar-refractivity contribution in [2.45, 2.75) is 12.2 Å². The summed E-state index contributed by atoms with van der Waals surface area (Å²) in [6.07, 6.45) is -0.266. The summed E-state index contributed by atoms with van der Waals surface area (Å²) in [6, 6.07) is 15.6. The number of hydrogen-bond donors (Lipinski definition) is 0. The molecule has 1 aliphatic rings. The maximum absolute atomic E-state index is 5.96. The first kappa shape index (κ1) is 13.9. The van der Waals surface area contributed by atoms with E-state index in [1.165, 1.54) is 0 Å². The SMILES string of the molecule is Clc1ccc(C(c2ccc(Cl)cc2)C2OCCO2)cc1. The number of halogens is 2. The van der Waals surface area contributed by atoms with Crippen LogP contribution in [0.1, 0.15) is 17.0 Å². The summed E-state index contributed by atoms with van der Waals surface area (Å²) in [4.78, 5) is 0. The fourth-order valence-electron chi connectivity index (χ4n) is 2.42. The zero-order chi connectivity index (χ0) is 13.9. The molecule has 2 aromatic rings. The molecule has 0 N–H and O–H groups in total. The monoisotopic (exact) mass is 308 g/mol. The van der Waals surface area contributed by atoms with E-state index in [0.717, 1.165) is 21.2 Å². The van der Waals surface area contributed by atoms with Crippen molar-refractivity contribution in [3.63, 3.8) is 0 Å². The lowest BCUT2D eigenvalue weighted by molar-refractivity contribution is -0.0524. The summed E-state index contributed by atoms with van der Waals surface area (Å²) in [5, 5.41) is 1.44. The third-order valence-electron chi connectivity index (χ3n) is 3.38. The Morgan fingerprint density at radius 2 is 1.15 bits per heavy atom. The summed E-state index contributed by atoms with van der Waals surface area (Å²) in [6.45, 7) is 1.25. The number of ether oxygens (including phenoxy) is 2. The van der Waals surface area contributed by atoms with Gasteiger partial charge >= 0.3 is 0 Å². The average Bonchev–Trinajstić information content (AvgIpc) is 2.97. The van der Waals surface area contributed by atoms with Crippen LogP contribution < -0.4 is 0 Å². The third kappa shape index (κ3) is 2.99. The zero-order valence-electron chi connectivity index (χ0n) is 10.8. The molecule has 1 aliphatic heterocycles. The van der Waals surface area contributed by atoms with Gasteiger partial charge in [-0.05, 0) is 35.4 Å². The normalized spacial score (nSPS) is 15.9. The standard InChI is InChI=1S/C16H14Cl2O2/c17-13-5-1-11(2-6-13)15(16-19-9-10-20-16)12-3-7-14(18)8-4-12/h1-8,15-16H,9-10H2. The van der Waals surface area contributed by atoms with Crippen molar-refractivity contribution in [2.75, 3.05) is 13.2 Å². The van der Waals surface area contributed by atoms with Crippen molar-refractivity contribution >= 4 is 23.2 Å². The second-order valence-electron chi connectivity index (χ2n) is 4.69. The van der Waals surface area contributed by atoms with Crippen LogP contribution in [0.3, 0.4) is 0 Å². The zero-order valence-corrected chi connectivity index (χ0v) is 12.3. The van der Waals surface area contributed by atoms with Crippen LogP contribution >= 0.6 is 23.2 Å². The van der Waals surface area contributed by atoms with Crippen molar-refractivity contribution in [3.05, 3.63) is 69.7 Å². The molecule has 1 fully saturated rings. The molecule has 0 atom stereocenters. The Hall–Kier alpha value is -1.06. The van der Waals surface area contributed by atoms with Gasteiger partial charge in [-0.25, -0.2) is 0 Å². The highest BCUT2D eigenvalue weighted by atomic mass is 35.5. The lowest BCUT2D eigenvalue weighted by atomic mass is 9.91. The van der Waals surface area contributed by atoms with Gasteiger partial charge < -0.3 is 9.47 Å². The van der Waals surface area contributed by atoms with Gasteiger partial charge in [0.2, 0.25) is 0 Å². The highest BCUT2D eigenvalue weighted by Crippen LogP contribution is 2.33. The van der Waals surface area contributed by atoms with Gasteiger partial charge in [-0.15, -0.1) is 0 Å². The molecule has 104 valence electrons. The summed E-state index contributed by atoms with van der Waals surface area (Å²) in [7, 11) is 0. The first-order chi connectivity index (χ1) is 9.74. The topological polar surface area (TPSA) is 18.5 Å². The number of rotatable bonds is 3. The van der Waals surface area contributed by atoms with Crippen molar-refractivity contribution in [1.29, 1.82) is 0 Å². The van der Waals surface area contributed by atoms with Crippen LogP contribution in [0.25, 0.3) is 0 Å². The highest BCUT2D eigenvalue weighted by molar-refractivity contribution is 6.30. The fourth-order valence-corrected chi connectivity index (χ4v) is 2.67. The largest absolute Gasteiger partial charge is 0.349 e. The molecule has 3 rings (SSSR count). The van der Waals surface area contributed by atoms with Gasteiger partial charge in [0, 0.05) is 10.0 Å². The first-order valence-corrected chi connectivity index (χ1v) is 7.24. The van der Waals surface area contributed by atoms with E-state index in [2.05, 4.69) is 0 Å². The first-order valence-electron chi connectivity index (χ1n) is 6.48. The third-order valence-corrected chi connectivity index (χ3v) is 3.88. The Bertz CT molecular complexity index is 515. The van der Waals surface area contributed by atoms with Gasteiger partial charge in [0.25, 0.3) is 0 Å². The van der Waals surface area contributed by atoms with E-state index in [9.17, 15) is 0 Å². The minimum absolute atomic E-state index is 0.0204. The Morgan fingerprint density at radius 3 is 1.55 bits per heavy atom. The number of hydrogen-bond acceptors (Lipinski definition) is 2. The summed E-state index contributed by atoms with van der Waals surface area (Å²) >= 11 is 11.9. The van der Waals surface area contributed by atoms with Gasteiger partial charge in [-0.3, -0.25) is 0 Å². The molecule has 2 nitrogen and oxygen atoms in total. The maximum atomic E-state index is 5.96. The Kier molecular flexibility index (Phi) is 4.27. The smallest absolute Gasteiger partial charge is 0.168 e. The van der Waals surface area contributed by atoms with Crippen LogP contribution in [0.2, 0.25) is 10.0 Å². The molecule has 20 heavy (non-hydrogen) atoms. The Morgan fingerprint density at radius 1 is 0.750 bits per heavy atom. The van der Waals surface area contributed by atoms with Crippen LogP contribution in [0.15, 0.2) is 48.5 Å². The van der Waals surface area contributed by atoms with Gasteiger partial charge in [0.05, 0.1) is 19.1 Å². The fraction of sp³-hybridized carbons (Fsp3) is 0.250.